The zero-order chi connectivity index (χ0) is 8.55. The Morgan fingerprint density at radius 3 is 3.00 bits per heavy atom. The first kappa shape index (κ1) is 7.84. The molecule has 1 aliphatic carbocycles. The van der Waals surface area contributed by atoms with Crippen molar-refractivity contribution in [2.24, 2.45) is 0 Å². The molecule has 1 unspecified atom stereocenters. The standard InChI is InChI=1S/C10H16N2/c1-3-8(2)12-7-6-10(11-12)9-4-5-9/h6-9H,3-5H2,1-2H3. The second-order valence-corrected chi connectivity index (χ2v) is 3.75. The van der Waals surface area contributed by atoms with E-state index in [1.165, 1.54) is 18.5 Å². The van der Waals surface area contributed by atoms with E-state index >= 15 is 0 Å². The predicted octanol–water partition coefficient (Wildman–Crippen LogP) is 2.73. The highest BCUT2D eigenvalue weighted by Gasteiger charge is 2.25. The Kier molecular flexibility index (Phi) is 1.91. The molecule has 1 saturated carbocycles. The average Bonchev–Trinajstić information content (AvgIpc) is 2.83. The average molecular weight is 164 g/mol. The molecule has 66 valence electrons. The number of rotatable bonds is 3. The van der Waals surface area contributed by atoms with Crippen molar-refractivity contribution in [3.8, 4) is 0 Å². The summed E-state index contributed by atoms with van der Waals surface area (Å²) in [5, 5.41) is 4.56. The maximum atomic E-state index is 4.56. The second kappa shape index (κ2) is 2.92. The zero-order valence-electron chi connectivity index (χ0n) is 7.83. The summed E-state index contributed by atoms with van der Waals surface area (Å²) in [5.74, 6) is 0.787. The van der Waals surface area contributed by atoms with Gasteiger partial charge in [0.25, 0.3) is 0 Å². The first-order valence-corrected chi connectivity index (χ1v) is 4.86. The quantitative estimate of drug-likeness (QED) is 0.671. The summed E-state index contributed by atoms with van der Waals surface area (Å²) >= 11 is 0. The fourth-order valence-corrected chi connectivity index (χ4v) is 1.38. The van der Waals surface area contributed by atoms with E-state index in [9.17, 15) is 0 Å². The summed E-state index contributed by atoms with van der Waals surface area (Å²) in [7, 11) is 0. The molecule has 1 aromatic heterocycles. The van der Waals surface area contributed by atoms with Crippen molar-refractivity contribution in [1.82, 2.24) is 9.78 Å². The van der Waals surface area contributed by atoms with E-state index < -0.39 is 0 Å². The Balaban J connectivity index is 2.12. The molecule has 2 rings (SSSR count). The highest BCUT2D eigenvalue weighted by molar-refractivity contribution is 5.12. The molecule has 0 aromatic carbocycles. The van der Waals surface area contributed by atoms with Gasteiger partial charge in [0.2, 0.25) is 0 Å². The van der Waals surface area contributed by atoms with Crippen molar-refractivity contribution in [3.05, 3.63) is 18.0 Å². The Labute approximate surface area is 73.6 Å². The lowest BCUT2D eigenvalue weighted by atomic mass is 10.3. The maximum absolute atomic E-state index is 4.56. The van der Waals surface area contributed by atoms with Crippen LogP contribution in [0, 0.1) is 0 Å². The van der Waals surface area contributed by atoms with Gasteiger partial charge >= 0.3 is 0 Å². The van der Waals surface area contributed by atoms with Gasteiger partial charge in [-0.2, -0.15) is 5.10 Å². The van der Waals surface area contributed by atoms with Gasteiger partial charge in [0.15, 0.2) is 0 Å². The summed E-state index contributed by atoms with van der Waals surface area (Å²) in [5.41, 5.74) is 1.30. The molecule has 0 radical (unpaired) electrons. The monoisotopic (exact) mass is 164 g/mol. The van der Waals surface area contributed by atoms with Crippen molar-refractivity contribution < 1.29 is 0 Å². The van der Waals surface area contributed by atoms with Gasteiger partial charge in [-0.25, -0.2) is 0 Å². The molecule has 0 bridgehead atoms. The summed E-state index contributed by atoms with van der Waals surface area (Å²) in [6.07, 6.45) is 5.96. The van der Waals surface area contributed by atoms with E-state index in [2.05, 4.69) is 35.9 Å². The molecule has 0 N–H and O–H groups in total. The van der Waals surface area contributed by atoms with Gasteiger partial charge in [0, 0.05) is 18.2 Å². The lowest BCUT2D eigenvalue weighted by molar-refractivity contribution is 0.474. The lowest BCUT2D eigenvalue weighted by Crippen LogP contribution is -2.04. The van der Waals surface area contributed by atoms with Crippen LogP contribution in [0.15, 0.2) is 12.3 Å². The molecule has 1 aromatic rings. The van der Waals surface area contributed by atoms with E-state index in [0.717, 1.165) is 12.3 Å². The first-order chi connectivity index (χ1) is 5.81. The van der Waals surface area contributed by atoms with Gasteiger partial charge in [-0.15, -0.1) is 0 Å². The van der Waals surface area contributed by atoms with Crippen LogP contribution < -0.4 is 0 Å². The summed E-state index contributed by atoms with van der Waals surface area (Å²) in [6.45, 7) is 4.41. The fourth-order valence-electron chi connectivity index (χ4n) is 1.38. The molecule has 1 aliphatic rings. The normalized spacial score (nSPS) is 19.5. The number of nitrogens with zero attached hydrogens (tertiary/aromatic N) is 2. The van der Waals surface area contributed by atoms with Crippen LogP contribution >= 0.6 is 0 Å². The molecule has 1 atom stereocenters. The molecule has 1 fully saturated rings. The van der Waals surface area contributed by atoms with E-state index in [1.807, 2.05) is 0 Å². The van der Waals surface area contributed by atoms with Crippen LogP contribution in [0.5, 0.6) is 0 Å². The fraction of sp³-hybridized carbons (Fsp3) is 0.700. The van der Waals surface area contributed by atoms with Crippen LogP contribution in [0.4, 0.5) is 0 Å². The third kappa shape index (κ3) is 1.38. The minimum atomic E-state index is 0.553. The van der Waals surface area contributed by atoms with Crippen molar-refractivity contribution in [2.45, 2.75) is 45.1 Å². The molecule has 12 heavy (non-hydrogen) atoms. The molecule has 0 amide bonds. The number of hydrogen-bond acceptors (Lipinski definition) is 1. The second-order valence-electron chi connectivity index (χ2n) is 3.75. The minimum absolute atomic E-state index is 0.553. The van der Waals surface area contributed by atoms with Gasteiger partial charge in [-0.05, 0) is 32.3 Å². The largest absolute Gasteiger partial charge is 0.270 e. The maximum Gasteiger partial charge on any atom is 0.0655 e. The van der Waals surface area contributed by atoms with Crippen LogP contribution in [-0.4, -0.2) is 9.78 Å². The Hall–Kier alpha value is -0.790. The third-order valence-electron chi connectivity index (χ3n) is 2.67. The van der Waals surface area contributed by atoms with E-state index in [0.29, 0.717) is 6.04 Å². The third-order valence-corrected chi connectivity index (χ3v) is 2.67. The molecule has 1 heterocycles. The van der Waals surface area contributed by atoms with Crippen LogP contribution in [0.25, 0.3) is 0 Å². The highest BCUT2D eigenvalue weighted by atomic mass is 15.3. The highest BCUT2D eigenvalue weighted by Crippen LogP contribution is 2.39. The molecule has 2 nitrogen and oxygen atoms in total. The van der Waals surface area contributed by atoms with Crippen molar-refractivity contribution in [1.29, 1.82) is 0 Å². The Morgan fingerprint density at radius 2 is 2.42 bits per heavy atom. The number of hydrogen-bond donors (Lipinski definition) is 0. The summed E-state index contributed by atoms with van der Waals surface area (Å²) in [6, 6.07) is 2.72. The molecular weight excluding hydrogens is 148 g/mol. The van der Waals surface area contributed by atoms with Crippen LogP contribution in [-0.2, 0) is 0 Å². The topological polar surface area (TPSA) is 17.8 Å². The smallest absolute Gasteiger partial charge is 0.0655 e. The van der Waals surface area contributed by atoms with Gasteiger partial charge in [0.1, 0.15) is 0 Å². The van der Waals surface area contributed by atoms with Gasteiger partial charge in [-0.3, -0.25) is 4.68 Å². The van der Waals surface area contributed by atoms with Gasteiger partial charge in [0.05, 0.1) is 5.69 Å². The molecule has 0 saturated heterocycles. The first-order valence-electron chi connectivity index (χ1n) is 4.86. The van der Waals surface area contributed by atoms with Crippen LogP contribution in [0.3, 0.4) is 0 Å². The van der Waals surface area contributed by atoms with Crippen LogP contribution in [0.2, 0.25) is 0 Å². The molecular formula is C10H16N2. The minimum Gasteiger partial charge on any atom is -0.270 e. The summed E-state index contributed by atoms with van der Waals surface area (Å²) in [4.78, 5) is 0. The van der Waals surface area contributed by atoms with E-state index in [1.54, 1.807) is 0 Å². The van der Waals surface area contributed by atoms with E-state index in [-0.39, 0.29) is 0 Å². The molecule has 2 heteroatoms. The zero-order valence-corrected chi connectivity index (χ0v) is 7.83. The molecule has 0 spiro atoms. The van der Waals surface area contributed by atoms with E-state index in [4.69, 9.17) is 0 Å². The van der Waals surface area contributed by atoms with Gasteiger partial charge < -0.3 is 0 Å². The SMILES string of the molecule is CCC(C)n1ccc(C2CC2)n1. The predicted molar refractivity (Wildman–Crippen MR) is 49.2 cm³/mol. The molecule has 0 aliphatic heterocycles. The lowest BCUT2D eigenvalue weighted by Gasteiger charge is -2.07. The Bertz CT molecular complexity index is 261. The van der Waals surface area contributed by atoms with Gasteiger partial charge in [-0.1, -0.05) is 6.92 Å². The van der Waals surface area contributed by atoms with Crippen molar-refractivity contribution in [2.75, 3.05) is 0 Å². The van der Waals surface area contributed by atoms with Crippen molar-refractivity contribution >= 4 is 0 Å². The Morgan fingerprint density at radius 1 is 1.67 bits per heavy atom. The van der Waals surface area contributed by atoms with Crippen LogP contribution in [0.1, 0.15) is 50.8 Å². The van der Waals surface area contributed by atoms with Crippen molar-refractivity contribution in [3.63, 3.8) is 0 Å². The number of aromatic nitrogens is 2. The summed E-state index contributed by atoms with van der Waals surface area (Å²) < 4.78 is 2.09.